The molecule has 3 rings (SSSR count). The van der Waals surface area contributed by atoms with Gasteiger partial charge in [-0.3, -0.25) is 9.59 Å². The topological polar surface area (TPSA) is 61.4 Å². The third kappa shape index (κ3) is 6.01. The molecule has 2 amide bonds. The number of carbonyl (C=O) groups is 2. The van der Waals surface area contributed by atoms with Crippen molar-refractivity contribution in [3.63, 3.8) is 0 Å². The van der Waals surface area contributed by atoms with E-state index in [4.69, 9.17) is 0 Å². The number of piperidine rings is 1. The van der Waals surface area contributed by atoms with Gasteiger partial charge in [-0.15, -0.1) is 12.4 Å². The van der Waals surface area contributed by atoms with E-state index in [0.717, 1.165) is 36.4 Å². The summed E-state index contributed by atoms with van der Waals surface area (Å²) in [6, 6.07) is 7.89. The fourth-order valence-electron chi connectivity index (χ4n) is 3.10. The van der Waals surface area contributed by atoms with Crippen molar-refractivity contribution in [2.45, 2.75) is 38.6 Å². The van der Waals surface area contributed by atoms with Gasteiger partial charge in [-0.1, -0.05) is 17.7 Å². The minimum Gasteiger partial charge on any atom is -0.352 e. The van der Waals surface area contributed by atoms with Gasteiger partial charge in [0.1, 0.15) is 0 Å². The molecular weight excluding hydrogens is 338 g/mol. The second-order valence-electron chi connectivity index (χ2n) is 7.07. The van der Waals surface area contributed by atoms with Gasteiger partial charge in [-0.25, -0.2) is 0 Å². The van der Waals surface area contributed by atoms with Gasteiger partial charge in [0.05, 0.1) is 6.54 Å². The van der Waals surface area contributed by atoms with Crippen molar-refractivity contribution < 1.29 is 9.59 Å². The highest BCUT2D eigenvalue weighted by Crippen LogP contribution is 2.27. The van der Waals surface area contributed by atoms with E-state index in [1.807, 2.05) is 36.1 Å². The number of hydrogen-bond acceptors (Lipinski definition) is 3. The van der Waals surface area contributed by atoms with Crippen molar-refractivity contribution in [3.05, 3.63) is 35.4 Å². The number of carbonyl (C=O) groups excluding carboxylic acids is 2. The van der Waals surface area contributed by atoms with E-state index in [9.17, 15) is 9.59 Å². The molecule has 0 aromatic heterocycles. The van der Waals surface area contributed by atoms with Crippen LogP contribution >= 0.6 is 12.4 Å². The summed E-state index contributed by atoms with van der Waals surface area (Å²) in [6.07, 6.45) is 4.24. The number of benzene rings is 1. The highest BCUT2D eigenvalue weighted by Gasteiger charge is 2.25. The molecule has 2 fully saturated rings. The first-order valence-electron chi connectivity index (χ1n) is 8.98. The molecule has 1 heterocycles. The first-order valence-corrected chi connectivity index (χ1v) is 8.98. The normalized spacial score (nSPS) is 17.7. The minimum absolute atomic E-state index is 0. The molecule has 0 bridgehead atoms. The van der Waals surface area contributed by atoms with Crippen molar-refractivity contribution in [1.29, 1.82) is 0 Å². The van der Waals surface area contributed by atoms with Crippen LogP contribution in [0.1, 0.15) is 41.6 Å². The molecule has 0 radical (unpaired) electrons. The molecule has 1 aromatic carbocycles. The summed E-state index contributed by atoms with van der Waals surface area (Å²) >= 11 is 0. The first kappa shape index (κ1) is 19.7. The zero-order chi connectivity index (χ0) is 16.9. The fraction of sp³-hybridized carbons (Fsp3) is 0.579. The number of rotatable bonds is 6. The standard InChI is InChI=1S/C19H27N3O2.ClH/c1-14-2-6-16(7-3-14)19(24)22-10-8-17(9-11-22)21-18(23)13-20-12-15-4-5-15;/h2-3,6-7,15,17,20H,4-5,8-13H2,1H3,(H,21,23);1H. The lowest BCUT2D eigenvalue weighted by atomic mass is 10.0. The number of halogens is 1. The molecule has 5 nitrogen and oxygen atoms in total. The zero-order valence-corrected chi connectivity index (χ0v) is 15.6. The number of amides is 2. The average Bonchev–Trinajstić information content (AvgIpc) is 3.40. The van der Waals surface area contributed by atoms with Crippen molar-refractivity contribution in [3.8, 4) is 0 Å². The van der Waals surface area contributed by atoms with Gasteiger partial charge in [-0.05, 0) is 57.2 Å². The number of nitrogens with zero attached hydrogens (tertiary/aromatic N) is 1. The molecule has 2 N–H and O–H groups in total. The molecule has 1 aliphatic heterocycles. The maximum atomic E-state index is 12.5. The van der Waals surface area contributed by atoms with E-state index >= 15 is 0 Å². The SMILES string of the molecule is Cc1ccc(C(=O)N2CCC(NC(=O)CNCC3CC3)CC2)cc1.Cl. The summed E-state index contributed by atoms with van der Waals surface area (Å²) in [5, 5.41) is 6.29. The van der Waals surface area contributed by atoms with Gasteiger partial charge in [-0.2, -0.15) is 0 Å². The van der Waals surface area contributed by atoms with Crippen molar-refractivity contribution in [1.82, 2.24) is 15.5 Å². The molecular formula is C19H28ClN3O2. The second kappa shape index (κ2) is 9.20. The summed E-state index contributed by atoms with van der Waals surface area (Å²) in [6.45, 7) is 4.78. The summed E-state index contributed by atoms with van der Waals surface area (Å²) in [5.74, 6) is 0.943. The Bertz CT molecular complexity index is 579. The van der Waals surface area contributed by atoms with Gasteiger partial charge in [0.25, 0.3) is 5.91 Å². The second-order valence-corrected chi connectivity index (χ2v) is 7.07. The molecule has 6 heteroatoms. The number of likely N-dealkylation sites (tertiary alicyclic amines) is 1. The van der Waals surface area contributed by atoms with Gasteiger partial charge in [0, 0.05) is 24.7 Å². The van der Waals surface area contributed by atoms with Crippen LogP contribution in [0.5, 0.6) is 0 Å². The lowest BCUT2D eigenvalue weighted by molar-refractivity contribution is -0.121. The molecule has 0 atom stereocenters. The van der Waals surface area contributed by atoms with E-state index in [1.165, 1.54) is 12.8 Å². The Labute approximate surface area is 155 Å². The minimum atomic E-state index is 0. The Kier molecular flexibility index (Phi) is 7.26. The highest BCUT2D eigenvalue weighted by atomic mass is 35.5. The zero-order valence-electron chi connectivity index (χ0n) is 14.8. The summed E-state index contributed by atoms with van der Waals surface area (Å²) in [7, 11) is 0. The van der Waals surface area contributed by atoms with E-state index < -0.39 is 0 Å². The third-order valence-electron chi connectivity index (χ3n) is 4.86. The molecule has 1 aromatic rings. The van der Waals surface area contributed by atoms with Crippen molar-refractivity contribution >= 4 is 24.2 Å². The van der Waals surface area contributed by atoms with Gasteiger partial charge in [0.15, 0.2) is 0 Å². The predicted molar refractivity (Wildman–Crippen MR) is 101 cm³/mol. The van der Waals surface area contributed by atoms with Gasteiger partial charge in [0.2, 0.25) is 5.91 Å². The molecule has 1 aliphatic carbocycles. The van der Waals surface area contributed by atoms with Crippen molar-refractivity contribution in [2.24, 2.45) is 5.92 Å². The highest BCUT2D eigenvalue weighted by molar-refractivity contribution is 5.94. The number of nitrogens with one attached hydrogen (secondary N) is 2. The Morgan fingerprint density at radius 3 is 2.32 bits per heavy atom. The van der Waals surface area contributed by atoms with Crippen molar-refractivity contribution in [2.75, 3.05) is 26.2 Å². The Morgan fingerprint density at radius 1 is 1.08 bits per heavy atom. The van der Waals surface area contributed by atoms with Crippen LogP contribution < -0.4 is 10.6 Å². The molecule has 0 unspecified atom stereocenters. The molecule has 138 valence electrons. The largest absolute Gasteiger partial charge is 0.352 e. The molecule has 1 saturated carbocycles. The smallest absolute Gasteiger partial charge is 0.253 e. The van der Waals surface area contributed by atoms with Crippen LogP contribution in [-0.2, 0) is 4.79 Å². The van der Waals surface area contributed by atoms with Crippen LogP contribution in [0.3, 0.4) is 0 Å². The van der Waals surface area contributed by atoms with Crippen LogP contribution in [0.4, 0.5) is 0 Å². The molecule has 25 heavy (non-hydrogen) atoms. The average molecular weight is 366 g/mol. The Hall–Kier alpha value is -1.59. The van der Waals surface area contributed by atoms with Crippen LogP contribution in [-0.4, -0.2) is 48.9 Å². The predicted octanol–water partition coefficient (Wildman–Crippen LogP) is 2.14. The first-order chi connectivity index (χ1) is 11.6. The molecule has 0 spiro atoms. The summed E-state index contributed by atoms with van der Waals surface area (Å²) < 4.78 is 0. The lowest BCUT2D eigenvalue weighted by Gasteiger charge is -2.32. The third-order valence-corrected chi connectivity index (χ3v) is 4.86. The van der Waals surface area contributed by atoms with E-state index in [1.54, 1.807) is 0 Å². The van der Waals surface area contributed by atoms with Crippen LogP contribution in [0.15, 0.2) is 24.3 Å². The van der Waals surface area contributed by atoms with E-state index in [2.05, 4.69) is 10.6 Å². The molecule has 1 saturated heterocycles. The van der Waals surface area contributed by atoms with Crippen LogP contribution in [0, 0.1) is 12.8 Å². The number of aryl methyl sites for hydroxylation is 1. The summed E-state index contributed by atoms with van der Waals surface area (Å²) in [4.78, 5) is 26.3. The van der Waals surface area contributed by atoms with Crippen LogP contribution in [0.2, 0.25) is 0 Å². The molecule has 2 aliphatic rings. The fourth-order valence-corrected chi connectivity index (χ4v) is 3.10. The van der Waals surface area contributed by atoms with Gasteiger partial charge < -0.3 is 15.5 Å². The van der Waals surface area contributed by atoms with E-state index in [-0.39, 0.29) is 30.3 Å². The maximum Gasteiger partial charge on any atom is 0.253 e. The van der Waals surface area contributed by atoms with Crippen LogP contribution in [0.25, 0.3) is 0 Å². The number of hydrogen-bond donors (Lipinski definition) is 2. The Balaban J connectivity index is 0.00000225. The quantitative estimate of drug-likeness (QED) is 0.811. The van der Waals surface area contributed by atoms with E-state index in [0.29, 0.717) is 19.6 Å². The van der Waals surface area contributed by atoms with Gasteiger partial charge >= 0.3 is 0 Å². The lowest BCUT2D eigenvalue weighted by Crippen LogP contribution is -2.48. The monoisotopic (exact) mass is 365 g/mol. The Morgan fingerprint density at radius 2 is 1.72 bits per heavy atom. The maximum absolute atomic E-state index is 12.5. The summed E-state index contributed by atoms with van der Waals surface area (Å²) in [5.41, 5.74) is 1.90.